The number of carbonyl (C=O) groups excluding carboxylic acids is 2. The highest BCUT2D eigenvalue weighted by molar-refractivity contribution is 6.05. The quantitative estimate of drug-likeness (QED) is 0.842. The lowest BCUT2D eigenvalue weighted by Gasteiger charge is -2.53. The molecule has 2 aromatic rings. The molecule has 1 saturated carbocycles. The van der Waals surface area contributed by atoms with Crippen LogP contribution >= 0.6 is 0 Å². The predicted molar refractivity (Wildman–Crippen MR) is 111 cm³/mol. The van der Waals surface area contributed by atoms with E-state index in [1.165, 1.54) is 0 Å². The summed E-state index contributed by atoms with van der Waals surface area (Å²) in [5.74, 6) is -0.477. The Morgan fingerprint density at radius 1 is 1.17 bits per heavy atom. The van der Waals surface area contributed by atoms with E-state index in [-0.39, 0.29) is 11.8 Å². The first-order chi connectivity index (χ1) is 14.2. The summed E-state index contributed by atoms with van der Waals surface area (Å²) in [5.41, 5.74) is 1.65. The maximum Gasteiger partial charge on any atom is 0.254 e. The van der Waals surface area contributed by atoms with Crippen molar-refractivity contribution < 1.29 is 14.3 Å². The van der Waals surface area contributed by atoms with E-state index in [0.29, 0.717) is 24.4 Å². The van der Waals surface area contributed by atoms with Crippen LogP contribution in [0.4, 0.5) is 5.69 Å². The molecule has 1 aliphatic carbocycles. The normalized spacial score (nSPS) is 20.4. The average Bonchev–Trinajstić information content (AvgIpc) is 2.75. The summed E-state index contributed by atoms with van der Waals surface area (Å²) in [6.07, 6.45) is 8.13. The van der Waals surface area contributed by atoms with Gasteiger partial charge in [0.05, 0.1) is 18.1 Å². The Morgan fingerprint density at radius 2 is 1.90 bits per heavy atom. The van der Waals surface area contributed by atoms with Crippen molar-refractivity contribution in [3.05, 3.63) is 59.9 Å². The molecular formula is C23H27N3O3. The molecule has 2 aliphatic rings. The SMILES string of the molecule is COCCN1C(=O)c2ccccc2[C@H](C(=O)Nc2ccncc2)C12CCCCC2. The van der Waals surface area contributed by atoms with E-state index in [2.05, 4.69) is 10.3 Å². The van der Waals surface area contributed by atoms with Crippen molar-refractivity contribution in [3.8, 4) is 0 Å². The zero-order valence-electron chi connectivity index (χ0n) is 16.8. The first kappa shape index (κ1) is 19.6. The van der Waals surface area contributed by atoms with Gasteiger partial charge in [0, 0.05) is 37.3 Å². The summed E-state index contributed by atoms with van der Waals surface area (Å²) in [4.78, 5) is 33.0. The Labute approximate surface area is 171 Å². The van der Waals surface area contributed by atoms with E-state index in [9.17, 15) is 9.59 Å². The summed E-state index contributed by atoms with van der Waals surface area (Å²) in [6, 6.07) is 11.1. The summed E-state index contributed by atoms with van der Waals surface area (Å²) < 4.78 is 5.30. The number of pyridine rings is 1. The zero-order chi connectivity index (χ0) is 20.3. The molecule has 2 amide bonds. The summed E-state index contributed by atoms with van der Waals surface area (Å²) in [7, 11) is 1.64. The molecule has 6 nitrogen and oxygen atoms in total. The van der Waals surface area contributed by atoms with Crippen LogP contribution in [0.25, 0.3) is 0 Å². The van der Waals surface area contributed by atoms with Gasteiger partial charge in [-0.05, 0) is 36.6 Å². The van der Waals surface area contributed by atoms with Crippen molar-refractivity contribution in [1.29, 1.82) is 0 Å². The topological polar surface area (TPSA) is 71.5 Å². The third-order valence-electron chi connectivity index (χ3n) is 6.27. The van der Waals surface area contributed by atoms with Crippen molar-refractivity contribution in [2.75, 3.05) is 25.6 Å². The summed E-state index contributed by atoms with van der Waals surface area (Å²) >= 11 is 0. The number of carbonyl (C=O) groups is 2. The van der Waals surface area contributed by atoms with Crippen LogP contribution in [0.1, 0.15) is 53.9 Å². The fourth-order valence-electron chi connectivity index (χ4n) is 5.00. The van der Waals surface area contributed by atoms with E-state index in [0.717, 1.165) is 37.7 Å². The lowest BCUT2D eigenvalue weighted by Crippen LogP contribution is -2.62. The highest BCUT2D eigenvalue weighted by atomic mass is 16.5. The van der Waals surface area contributed by atoms with Gasteiger partial charge in [-0.3, -0.25) is 14.6 Å². The number of methoxy groups -OCH3 is 1. The largest absolute Gasteiger partial charge is 0.383 e. The molecule has 0 bridgehead atoms. The smallest absolute Gasteiger partial charge is 0.254 e. The van der Waals surface area contributed by atoms with Crippen LogP contribution in [-0.4, -0.2) is 47.5 Å². The molecule has 6 heteroatoms. The number of benzene rings is 1. The van der Waals surface area contributed by atoms with Gasteiger partial charge >= 0.3 is 0 Å². The first-order valence-corrected chi connectivity index (χ1v) is 10.3. The van der Waals surface area contributed by atoms with Crippen LogP contribution in [-0.2, 0) is 9.53 Å². The second-order valence-corrected chi connectivity index (χ2v) is 7.86. The Kier molecular flexibility index (Phi) is 5.62. The molecule has 1 atom stereocenters. The Hall–Kier alpha value is -2.73. The Balaban J connectivity index is 1.80. The van der Waals surface area contributed by atoms with Crippen LogP contribution < -0.4 is 5.32 Å². The van der Waals surface area contributed by atoms with Crippen LogP contribution in [0.2, 0.25) is 0 Å². The van der Waals surface area contributed by atoms with E-state index in [1.807, 2.05) is 29.2 Å². The van der Waals surface area contributed by atoms with Crippen LogP contribution in [0.3, 0.4) is 0 Å². The molecule has 1 fully saturated rings. The minimum atomic E-state index is -0.515. The number of fused-ring (bicyclic) bond motifs is 1. The minimum absolute atomic E-state index is 0.00695. The van der Waals surface area contributed by atoms with Crippen molar-refractivity contribution in [2.45, 2.75) is 43.6 Å². The van der Waals surface area contributed by atoms with E-state index >= 15 is 0 Å². The molecule has 1 aromatic carbocycles. The number of amides is 2. The molecule has 2 heterocycles. The van der Waals surface area contributed by atoms with Gasteiger partial charge in [0.25, 0.3) is 5.91 Å². The third kappa shape index (κ3) is 3.53. The molecule has 0 unspecified atom stereocenters. The number of ether oxygens (including phenoxy) is 1. The van der Waals surface area contributed by atoms with Gasteiger partial charge in [-0.25, -0.2) is 0 Å². The van der Waals surface area contributed by atoms with Crippen molar-refractivity contribution in [1.82, 2.24) is 9.88 Å². The fraction of sp³-hybridized carbons (Fsp3) is 0.435. The monoisotopic (exact) mass is 393 g/mol. The number of hydrogen-bond acceptors (Lipinski definition) is 4. The van der Waals surface area contributed by atoms with Gasteiger partial charge < -0.3 is 15.0 Å². The number of aromatic nitrogens is 1. The van der Waals surface area contributed by atoms with Crippen LogP contribution in [0, 0.1) is 0 Å². The number of rotatable bonds is 5. The van der Waals surface area contributed by atoms with Gasteiger partial charge in [0.15, 0.2) is 0 Å². The van der Waals surface area contributed by atoms with Gasteiger partial charge in [0.2, 0.25) is 5.91 Å². The molecular weight excluding hydrogens is 366 g/mol. The van der Waals surface area contributed by atoms with Gasteiger partial charge in [-0.1, -0.05) is 37.5 Å². The predicted octanol–water partition coefficient (Wildman–Crippen LogP) is 3.61. The number of nitrogens with zero attached hydrogens (tertiary/aromatic N) is 2. The van der Waals surface area contributed by atoms with Crippen LogP contribution in [0.5, 0.6) is 0 Å². The minimum Gasteiger partial charge on any atom is -0.383 e. The highest BCUT2D eigenvalue weighted by Crippen LogP contribution is 2.49. The molecule has 4 rings (SSSR count). The maximum absolute atomic E-state index is 13.6. The maximum atomic E-state index is 13.6. The molecule has 1 N–H and O–H groups in total. The van der Waals surface area contributed by atoms with Gasteiger partial charge in [-0.15, -0.1) is 0 Å². The third-order valence-corrected chi connectivity index (χ3v) is 6.27. The summed E-state index contributed by atoms with van der Waals surface area (Å²) in [6.45, 7) is 0.942. The standard InChI is InChI=1S/C23H27N3O3/c1-29-16-15-26-22(28)19-8-4-3-7-18(19)20(23(26)11-5-2-6-12-23)21(27)25-17-9-13-24-14-10-17/h3-4,7-10,13-14,20H,2,5-6,11-12,15-16H2,1H3,(H,24,25,27)/t20-/m1/s1. The van der Waals surface area contributed by atoms with E-state index in [1.54, 1.807) is 31.6 Å². The Morgan fingerprint density at radius 3 is 2.62 bits per heavy atom. The number of hydrogen-bond donors (Lipinski definition) is 1. The van der Waals surface area contributed by atoms with Crippen molar-refractivity contribution >= 4 is 17.5 Å². The van der Waals surface area contributed by atoms with Gasteiger partial charge in [-0.2, -0.15) is 0 Å². The zero-order valence-corrected chi connectivity index (χ0v) is 16.8. The molecule has 29 heavy (non-hydrogen) atoms. The Bertz CT molecular complexity index is 878. The van der Waals surface area contributed by atoms with Crippen molar-refractivity contribution in [2.24, 2.45) is 0 Å². The lowest BCUT2D eigenvalue weighted by molar-refractivity contribution is -0.122. The molecule has 1 aromatic heterocycles. The molecule has 0 radical (unpaired) electrons. The average molecular weight is 393 g/mol. The van der Waals surface area contributed by atoms with Crippen molar-refractivity contribution in [3.63, 3.8) is 0 Å². The fourth-order valence-corrected chi connectivity index (χ4v) is 5.00. The summed E-state index contributed by atoms with van der Waals surface area (Å²) in [5, 5.41) is 3.07. The number of nitrogens with one attached hydrogen (secondary N) is 1. The van der Waals surface area contributed by atoms with Gasteiger partial charge in [0.1, 0.15) is 0 Å². The second kappa shape index (κ2) is 8.33. The van der Waals surface area contributed by atoms with E-state index < -0.39 is 11.5 Å². The molecule has 1 spiro atoms. The number of anilines is 1. The highest BCUT2D eigenvalue weighted by Gasteiger charge is 2.54. The first-order valence-electron chi connectivity index (χ1n) is 10.3. The molecule has 1 aliphatic heterocycles. The second-order valence-electron chi connectivity index (χ2n) is 7.86. The molecule has 0 saturated heterocycles. The van der Waals surface area contributed by atoms with E-state index in [4.69, 9.17) is 4.74 Å². The van der Waals surface area contributed by atoms with Crippen LogP contribution in [0.15, 0.2) is 48.8 Å². The molecule has 152 valence electrons. The lowest BCUT2D eigenvalue weighted by atomic mass is 9.65.